The van der Waals surface area contributed by atoms with Gasteiger partial charge in [-0.15, -0.1) is 11.6 Å². The first kappa shape index (κ1) is 10.3. The molecule has 0 aliphatic heterocycles. The molecule has 1 N–H and O–H groups in total. The zero-order valence-corrected chi connectivity index (χ0v) is 8.95. The van der Waals surface area contributed by atoms with Crippen molar-refractivity contribution in [1.29, 1.82) is 0 Å². The highest BCUT2D eigenvalue weighted by Gasteiger charge is 2.32. The highest BCUT2D eigenvalue weighted by atomic mass is 35.5. The standard InChI is InChI=1S/C10H20ClN/c1-3-12-10(8-11)6-4-5-9(2)7-10/h9,12H,3-8H2,1-2H3. The molecule has 1 fully saturated rings. The summed E-state index contributed by atoms with van der Waals surface area (Å²) < 4.78 is 0. The van der Waals surface area contributed by atoms with E-state index < -0.39 is 0 Å². The molecule has 72 valence electrons. The Morgan fingerprint density at radius 2 is 2.33 bits per heavy atom. The predicted octanol–water partition coefficient (Wildman–Crippen LogP) is 2.78. The molecule has 1 saturated carbocycles. The van der Waals surface area contributed by atoms with E-state index in [1.54, 1.807) is 0 Å². The molecule has 0 bridgehead atoms. The molecule has 0 amide bonds. The monoisotopic (exact) mass is 189 g/mol. The molecule has 0 aromatic rings. The first-order chi connectivity index (χ1) is 5.72. The second-order valence-electron chi connectivity index (χ2n) is 4.15. The van der Waals surface area contributed by atoms with Gasteiger partial charge in [0, 0.05) is 11.4 Å². The van der Waals surface area contributed by atoms with E-state index in [4.69, 9.17) is 11.6 Å². The van der Waals surface area contributed by atoms with Crippen LogP contribution in [0.4, 0.5) is 0 Å². The summed E-state index contributed by atoms with van der Waals surface area (Å²) in [4.78, 5) is 0. The Labute approximate surface area is 80.9 Å². The van der Waals surface area contributed by atoms with E-state index in [-0.39, 0.29) is 5.54 Å². The van der Waals surface area contributed by atoms with Gasteiger partial charge in [-0.3, -0.25) is 0 Å². The van der Waals surface area contributed by atoms with E-state index in [9.17, 15) is 0 Å². The lowest BCUT2D eigenvalue weighted by molar-refractivity contribution is 0.213. The van der Waals surface area contributed by atoms with E-state index in [1.165, 1.54) is 25.7 Å². The number of halogens is 1. The highest BCUT2D eigenvalue weighted by Crippen LogP contribution is 2.32. The zero-order valence-electron chi connectivity index (χ0n) is 8.20. The number of nitrogens with one attached hydrogen (secondary N) is 1. The molecule has 1 aliphatic rings. The molecular weight excluding hydrogens is 170 g/mol. The fourth-order valence-corrected chi connectivity index (χ4v) is 2.70. The Bertz CT molecular complexity index is 134. The molecule has 12 heavy (non-hydrogen) atoms. The normalized spacial score (nSPS) is 36.8. The van der Waals surface area contributed by atoms with Crippen molar-refractivity contribution in [3.63, 3.8) is 0 Å². The molecule has 2 heteroatoms. The van der Waals surface area contributed by atoms with Gasteiger partial charge in [-0.05, 0) is 25.3 Å². The minimum atomic E-state index is 0.258. The van der Waals surface area contributed by atoms with Crippen molar-refractivity contribution in [2.75, 3.05) is 12.4 Å². The third-order valence-corrected chi connectivity index (χ3v) is 3.41. The van der Waals surface area contributed by atoms with E-state index in [2.05, 4.69) is 19.2 Å². The fourth-order valence-electron chi connectivity index (χ4n) is 2.36. The summed E-state index contributed by atoms with van der Waals surface area (Å²) in [5.41, 5.74) is 0.258. The van der Waals surface area contributed by atoms with Crippen molar-refractivity contribution in [3.8, 4) is 0 Å². The van der Waals surface area contributed by atoms with Gasteiger partial charge in [-0.2, -0.15) is 0 Å². The van der Waals surface area contributed by atoms with Crippen LogP contribution in [0, 0.1) is 5.92 Å². The van der Waals surface area contributed by atoms with Gasteiger partial charge in [-0.25, -0.2) is 0 Å². The van der Waals surface area contributed by atoms with Crippen molar-refractivity contribution in [3.05, 3.63) is 0 Å². The molecular formula is C10H20ClN. The van der Waals surface area contributed by atoms with Crippen LogP contribution in [0.3, 0.4) is 0 Å². The molecule has 1 aliphatic carbocycles. The van der Waals surface area contributed by atoms with Gasteiger partial charge in [0.1, 0.15) is 0 Å². The van der Waals surface area contributed by atoms with Gasteiger partial charge < -0.3 is 5.32 Å². The van der Waals surface area contributed by atoms with Crippen molar-refractivity contribution in [2.24, 2.45) is 5.92 Å². The number of alkyl halides is 1. The highest BCUT2D eigenvalue weighted by molar-refractivity contribution is 6.18. The van der Waals surface area contributed by atoms with Crippen LogP contribution in [0.1, 0.15) is 39.5 Å². The van der Waals surface area contributed by atoms with Gasteiger partial charge in [0.25, 0.3) is 0 Å². The summed E-state index contributed by atoms with van der Waals surface area (Å²) in [5, 5.41) is 3.55. The lowest BCUT2D eigenvalue weighted by Gasteiger charge is -2.39. The molecule has 1 nitrogen and oxygen atoms in total. The average molecular weight is 190 g/mol. The van der Waals surface area contributed by atoms with Crippen molar-refractivity contribution < 1.29 is 0 Å². The van der Waals surface area contributed by atoms with Crippen LogP contribution in [-0.4, -0.2) is 18.0 Å². The molecule has 0 heterocycles. The van der Waals surface area contributed by atoms with Crippen LogP contribution in [-0.2, 0) is 0 Å². The largest absolute Gasteiger partial charge is 0.310 e. The van der Waals surface area contributed by atoms with Crippen LogP contribution in [0.2, 0.25) is 0 Å². The summed E-state index contributed by atoms with van der Waals surface area (Å²) >= 11 is 6.02. The maximum Gasteiger partial charge on any atom is 0.0406 e. The van der Waals surface area contributed by atoms with Crippen molar-refractivity contribution >= 4 is 11.6 Å². The van der Waals surface area contributed by atoms with Gasteiger partial charge in [0.2, 0.25) is 0 Å². The third kappa shape index (κ3) is 2.37. The molecule has 0 aromatic carbocycles. The molecule has 0 radical (unpaired) electrons. The van der Waals surface area contributed by atoms with Crippen LogP contribution >= 0.6 is 11.6 Å². The maximum atomic E-state index is 6.02. The summed E-state index contributed by atoms with van der Waals surface area (Å²) in [6.07, 6.45) is 5.23. The summed E-state index contributed by atoms with van der Waals surface area (Å²) in [6, 6.07) is 0. The first-order valence-corrected chi connectivity index (χ1v) is 5.57. The summed E-state index contributed by atoms with van der Waals surface area (Å²) in [7, 11) is 0. The Hall–Kier alpha value is 0.250. The van der Waals surface area contributed by atoms with Crippen molar-refractivity contribution in [1.82, 2.24) is 5.32 Å². The van der Waals surface area contributed by atoms with Gasteiger partial charge >= 0.3 is 0 Å². The number of hydrogen-bond donors (Lipinski definition) is 1. The predicted molar refractivity (Wildman–Crippen MR) is 54.8 cm³/mol. The molecule has 2 unspecified atom stereocenters. The quantitative estimate of drug-likeness (QED) is 0.674. The Kier molecular flexibility index (Phi) is 3.85. The topological polar surface area (TPSA) is 12.0 Å². The smallest absolute Gasteiger partial charge is 0.0406 e. The van der Waals surface area contributed by atoms with Gasteiger partial charge in [0.15, 0.2) is 0 Å². The molecule has 2 atom stereocenters. The number of hydrogen-bond acceptors (Lipinski definition) is 1. The SMILES string of the molecule is CCNC1(CCl)CCCC(C)C1. The molecule has 1 rings (SSSR count). The van der Waals surface area contributed by atoms with Crippen LogP contribution in [0.15, 0.2) is 0 Å². The molecule has 0 aromatic heterocycles. The third-order valence-electron chi connectivity index (χ3n) is 2.90. The fraction of sp³-hybridized carbons (Fsp3) is 1.00. The van der Waals surface area contributed by atoms with Crippen LogP contribution in [0.5, 0.6) is 0 Å². The molecule has 0 spiro atoms. The molecule has 0 saturated heterocycles. The lowest BCUT2D eigenvalue weighted by atomic mass is 9.77. The van der Waals surface area contributed by atoms with Gasteiger partial charge in [0.05, 0.1) is 0 Å². The van der Waals surface area contributed by atoms with E-state index in [0.717, 1.165) is 18.3 Å². The summed E-state index contributed by atoms with van der Waals surface area (Å²) in [6.45, 7) is 5.53. The minimum Gasteiger partial charge on any atom is -0.310 e. The Balaban J connectivity index is 2.51. The van der Waals surface area contributed by atoms with Crippen LogP contribution in [0.25, 0.3) is 0 Å². The first-order valence-electron chi connectivity index (χ1n) is 5.03. The zero-order chi connectivity index (χ0) is 9.03. The Morgan fingerprint density at radius 3 is 2.83 bits per heavy atom. The van der Waals surface area contributed by atoms with E-state index >= 15 is 0 Å². The van der Waals surface area contributed by atoms with E-state index in [1.807, 2.05) is 0 Å². The average Bonchev–Trinajstić information content (AvgIpc) is 2.05. The van der Waals surface area contributed by atoms with E-state index in [0.29, 0.717) is 0 Å². The second-order valence-corrected chi connectivity index (χ2v) is 4.41. The second kappa shape index (κ2) is 4.48. The Morgan fingerprint density at radius 1 is 1.58 bits per heavy atom. The van der Waals surface area contributed by atoms with Crippen molar-refractivity contribution in [2.45, 2.75) is 45.1 Å². The maximum absolute atomic E-state index is 6.02. The van der Waals surface area contributed by atoms with Gasteiger partial charge in [-0.1, -0.05) is 26.7 Å². The summed E-state index contributed by atoms with van der Waals surface area (Å²) in [5.74, 6) is 1.61. The van der Waals surface area contributed by atoms with Crippen LogP contribution < -0.4 is 5.32 Å². The lowest BCUT2D eigenvalue weighted by Crippen LogP contribution is -2.49. The number of rotatable bonds is 3. The minimum absolute atomic E-state index is 0.258.